The third kappa shape index (κ3) is 2.39. The lowest BCUT2D eigenvalue weighted by Gasteiger charge is -2.25. The number of hydrogen-bond donors (Lipinski definition) is 2. The molecule has 110 valence electrons. The van der Waals surface area contributed by atoms with Gasteiger partial charge in [0.15, 0.2) is 0 Å². The van der Waals surface area contributed by atoms with E-state index in [2.05, 4.69) is 10.6 Å². The number of benzene rings is 1. The van der Waals surface area contributed by atoms with Crippen molar-refractivity contribution in [2.24, 2.45) is 0 Å². The predicted octanol–water partition coefficient (Wildman–Crippen LogP) is 1.86. The lowest BCUT2D eigenvalue weighted by molar-refractivity contribution is -0.125. The van der Waals surface area contributed by atoms with E-state index in [9.17, 15) is 9.59 Å². The molecule has 0 fully saturated rings. The monoisotopic (exact) mass is 285 g/mol. The summed E-state index contributed by atoms with van der Waals surface area (Å²) >= 11 is 0. The average Bonchev–Trinajstić information content (AvgIpc) is 2.76. The molecule has 3 rings (SSSR count). The Bertz CT molecular complexity index is 619. The first-order valence-electron chi connectivity index (χ1n) is 7.26. The summed E-state index contributed by atoms with van der Waals surface area (Å²) in [5.41, 5.74) is 3.50. The Morgan fingerprint density at radius 3 is 2.62 bits per heavy atom. The third-order valence-corrected chi connectivity index (χ3v) is 3.92. The van der Waals surface area contributed by atoms with Gasteiger partial charge in [0, 0.05) is 6.54 Å². The molecule has 0 aromatic heterocycles. The Labute approximate surface area is 124 Å². The van der Waals surface area contributed by atoms with Crippen LogP contribution in [0, 0.1) is 6.92 Å². The van der Waals surface area contributed by atoms with Crippen LogP contribution in [-0.4, -0.2) is 29.9 Å². The molecule has 0 aliphatic carbocycles. The standard InChI is InChI=1S/C16H19N3O2/c1-3-8-19-9-12-13(15(19)20)14(18-16(21)17-12)11-6-4-10(2)5-7-11/h4-7,14H,3,8-9H2,1-2H3,(H2,17,18,21). The summed E-state index contributed by atoms with van der Waals surface area (Å²) in [6, 6.07) is 7.31. The summed E-state index contributed by atoms with van der Waals surface area (Å²) in [5, 5.41) is 5.64. The van der Waals surface area contributed by atoms with E-state index in [0.717, 1.165) is 23.2 Å². The van der Waals surface area contributed by atoms with Crippen molar-refractivity contribution in [3.63, 3.8) is 0 Å². The van der Waals surface area contributed by atoms with Gasteiger partial charge in [-0.05, 0) is 18.9 Å². The molecule has 0 saturated heterocycles. The molecule has 1 aromatic rings. The Balaban J connectivity index is 1.96. The minimum Gasteiger partial charge on any atom is -0.333 e. The number of nitrogens with zero attached hydrogens (tertiary/aromatic N) is 1. The number of rotatable bonds is 3. The lowest BCUT2D eigenvalue weighted by atomic mass is 9.95. The zero-order valence-corrected chi connectivity index (χ0v) is 12.3. The summed E-state index contributed by atoms with van der Waals surface area (Å²) in [5.74, 6) is 0.0184. The Morgan fingerprint density at radius 1 is 1.24 bits per heavy atom. The van der Waals surface area contributed by atoms with E-state index in [0.29, 0.717) is 18.7 Å². The summed E-state index contributed by atoms with van der Waals surface area (Å²) in [4.78, 5) is 26.2. The van der Waals surface area contributed by atoms with Crippen LogP contribution >= 0.6 is 0 Å². The number of carbonyl (C=O) groups excluding carboxylic acids is 2. The highest BCUT2D eigenvalue weighted by molar-refractivity contribution is 6.01. The molecule has 1 unspecified atom stereocenters. The van der Waals surface area contributed by atoms with Crippen molar-refractivity contribution >= 4 is 11.9 Å². The highest BCUT2D eigenvalue weighted by Gasteiger charge is 2.39. The number of carbonyl (C=O) groups is 2. The fourth-order valence-electron chi connectivity index (χ4n) is 2.89. The maximum absolute atomic E-state index is 12.6. The first-order valence-corrected chi connectivity index (χ1v) is 7.26. The van der Waals surface area contributed by atoms with E-state index in [1.165, 1.54) is 0 Å². The van der Waals surface area contributed by atoms with E-state index in [1.807, 2.05) is 38.1 Å². The zero-order valence-electron chi connectivity index (χ0n) is 12.3. The van der Waals surface area contributed by atoms with Crippen molar-refractivity contribution in [2.45, 2.75) is 26.3 Å². The SMILES string of the molecule is CCCN1CC2=C(C1=O)C(c1ccc(C)cc1)NC(=O)N2. The molecule has 5 nitrogen and oxygen atoms in total. The van der Waals surface area contributed by atoms with Gasteiger partial charge in [0.1, 0.15) is 0 Å². The van der Waals surface area contributed by atoms with Crippen LogP contribution < -0.4 is 10.6 Å². The molecule has 0 bridgehead atoms. The van der Waals surface area contributed by atoms with E-state index >= 15 is 0 Å². The molecule has 2 aliphatic rings. The quantitative estimate of drug-likeness (QED) is 0.890. The number of urea groups is 1. The lowest BCUT2D eigenvalue weighted by Crippen LogP contribution is -2.44. The van der Waals surface area contributed by atoms with Crippen molar-refractivity contribution in [1.82, 2.24) is 15.5 Å². The molecular weight excluding hydrogens is 266 g/mol. The molecule has 21 heavy (non-hydrogen) atoms. The first-order chi connectivity index (χ1) is 10.1. The predicted molar refractivity (Wildman–Crippen MR) is 79.5 cm³/mol. The van der Waals surface area contributed by atoms with Crippen molar-refractivity contribution in [3.8, 4) is 0 Å². The molecule has 1 atom stereocenters. The number of aryl methyl sites for hydroxylation is 1. The van der Waals surface area contributed by atoms with Gasteiger partial charge in [0.2, 0.25) is 0 Å². The zero-order chi connectivity index (χ0) is 15.0. The van der Waals surface area contributed by atoms with Crippen LogP contribution in [0.4, 0.5) is 4.79 Å². The fourth-order valence-corrected chi connectivity index (χ4v) is 2.89. The van der Waals surface area contributed by atoms with E-state index < -0.39 is 0 Å². The van der Waals surface area contributed by atoms with Crippen LogP contribution in [0.3, 0.4) is 0 Å². The van der Waals surface area contributed by atoms with Gasteiger partial charge < -0.3 is 15.5 Å². The van der Waals surface area contributed by atoms with Gasteiger partial charge >= 0.3 is 6.03 Å². The van der Waals surface area contributed by atoms with Gasteiger partial charge in [-0.25, -0.2) is 4.79 Å². The third-order valence-electron chi connectivity index (χ3n) is 3.92. The Morgan fingerprint density at radius 2 is 1.95 bits per heavy atom. The second-order valence-electron chi connectivity index (χ2n) is 5.56. The van der Waals surface area contributed by atoms with Crippen molar-refractivity contribution < 1.29 is 9.59 Å². The smallest absolute Gasteiger partial charge is 0.319 e. The summed E-state index contributed by atoms with van der Waals surface area (Å²) in [6.45, 7) is 5.26. The van der Waals surface area contributed by atoms with Gasteiger partial charge in [0.25, 0.3) is 5.91 Å². The molecule has 5 heteroatoms. The highest BCUT2D eigenvalue weighted by Crippen LogP contribution is 2.32. The van der Waals surface area contributed by atoms with Crippen LogP contribution in [-0.2, 0) is 4.79 Å². The summed E-state index contributed by atoms with van der Waals surface area (Å²) < 4.78 is 0. The van der Waals surface area contributed by atoms with Crippen LogP contribution in [0.2, 0.25) is 0 Å². The molecule has 1 aromatic carbocycles. The molecule has 3 amide bonds. The molecule has 0 saturated carbocycles. The first kappa shape index (κ1) is 13.7. The van der Waals surface area contributed by atoms with Gasteiger partial charge in [-0.1, -0.05) is 36.8 Å². The van der Waals surface area contributed by atoms with Crippen molar-refractivity contribution in [3.05, 3.63) is 46.7 Å². The molecule has 0 radical (unpaired) electrons. The number of nitrogens with one attached hydrogen (secondary N) is 2. The molecule has 2 aliphatic heterocycles. The topological polar surface area (TPSA) is 61.4 Å². The average molecular weight is 285 g/mol. The number of hydrogen-bond acceptors (Lipinski definition) is 2. The van der Waals surface area contributed by atoms with E-state index in [1.54, 1.807) is 4.90 Å². The van der Waals surface area contributed by atoms with Gasteiger partial charge in [-0.2, -0.15) is 0 Å². The normalized spacial score (nSPS) is 21.2. The second kappa shape index (κ2) is 5.24. The minimum absolute atomic E-state index is 0.0184. The van der Waals surface area contributed by atoms with Gasteiger partial charge in [-0.3, -0.25) is 4.79 Å². The maximum Gasteiger partial charge on any atom is 0.319 e. The Kier molecular flexibility index (Phi) is 3.41. The van der Waals surface area contributed by atoms with Crippen molar-refractivity contribution in [2.75, 3.05) is 13.1 Å². The molecular formula is C16H19N3O2. The molecule has 2 N–H and O–H groups in total. The van der Waals surface area contributed by atoms with Crippen molar-refractivity contribution in [1.29, 1.82) is 0 Å². The van der Waals surface area contributed by atoms with E-state index in [4.69, 9.17) is 0 Å². The largest absolute Gasteiger partial charge is 0.333 e. The van der Waals surface area contributed by atoms with Crippen LogP contribution in [0.15, 0.2) is 35.5 Å². The summed E-state index contributed by atoms with van der Waals surface area (Å²) in [6.07, 6.45) is 0.906. The second-order valence-corrected chi connectivity index (χ2v) is 5.56. The Hall–Kier alpha value is -2.30. The number of amides is 3. The highest BCUT2D eigenvalue weighted by atomic mass is 16.2. The fraction of sp³-hybridized carbons (Fsp3) is 0.375. The molecule has 0 spiro atoms. The maximum atomic E-state index is 12.6. The van der Waals surface area contributed by atoms with Gasteiger partial charge in [-0.15, -0.1) is 0 Å². The van der Waals surface area contributed by atoms with Crippen LogP contribution in [0.5, 0.6) is 0 Å². The summed E-state index contributed by atoms with van der Waals surface area (Å²) in [7, 11) is 0. The van der Waals surface area contributed by atoms with E-state index in [-0.39, 0.29) is 18.0 Å². The van der Waals surface area contributed by atoms with Crippen LogP contribution in [0.1, 0.15) is 30.5 Å². The molecule has 2 heterocycles. The van der Waals surface area contributed by atoms with Crippen LogP contribution in [0.25, 0.3) is 0 Å². The van der Waals surface area contributed by atoms with Gasteiger partial charge in [0.05, 0.1) is 23.9 Å². The minimum atomic E-state index is -0.358.